The number of nitrogens with one attached hydrogen (secondary N) is 2. The summed E-state index contributed by atoms with van der Waals surface area (Å²) in [6, 6.07) is 16.5. The second kappa shape index (κ2) is 12.8. The molecule has 0 spiro atoms. The molecule has 3 N–H and O–H groups in total. The molecule has 0 radical (unpaired) electrons. The molecule has 0 bridgehead atoms. The average Bonchev–Trinajstić information content (AvgIpc) is 3.15. The molecule has 7 heteroatoms. The Kier molecular flexibility index (Phi) is 9.50. The van der Waals surface area contributed by atoms with Crippen LogP contribution in [0.25, 0.3) is 11.1 Å². The van der Waals surface area contributed by atoms with Crippen molar-refractivity contribution in [1.82, 2.24) is 10.6 Å². The molecule has 1 atom stereocenters. The van der Waals surface area contributed by atoms with E-state index < -0.39 is 12.1 Å². The Morgan fingerprint density at radius 1 is 0.882 bits per heavy atom. The van der Waals surface area contributed by atoms with Gasteiger partial charge >= 0.3 is 12.1 Å². The first-order valence-electron chi connectivity index (χ1n) is 12.1. The number of ether oxygens (including phenoxy) is 1. The van der Waals surface area contributed by atoms with Gasteiger partial charge in [0, 0.05) is 25.4 Å². The number of hydrogen-bond donors (Lipinski definition) is 3. The van der Waals surface area contributed by atoms with E-state index in [1.165, 1.54) is 22.3 Å². The molecule has 1 unspecified atom stereocenters. The van der Waals surface area contributed by atoms with E-state index in [0.717, 1.165) is 19.3 Å². The summed E-state index contributed by atoms with van der Waals surface area (Å²) in [5, 5.41) is 14.1. The van der Waals surface area contributed by atoms with Crippen LogP contribution in [0, 0.1) is 5.92 Å². The van der Waals surface area contributed by atoms with E-state index in [-0.39, 0.29) is 31.4 Å². The third-order valence-electron chi connectivity index (χ3n) is 6.30. The van der Waals surface area contributed by atoms with Gasteiger partial charge in [0.15, 0.2) is 0 Å². The predicted molar refractivity (Wildman–Crippen MR) is 131 cm³/mol. The highest BCUT2D eigenvalue weighted by Crippen LogP contribution is 2.44. The fourth-order valence-corrected chi connectivity index (χ4v) is 4.60. The van der Waals surface area contributed by atoms with Gasteiger partial charge in [-0.1, -0.05) is 68.3 Å². The fourth-order valence-electron chi connectivity index (χ4n) is 4.60. The maximum atomic E-state index is 12.4. The van der Waals surface area contributed by atoms with Crippen LogP contribution in [0.1, 0.15) is 62.5 Å². The van der Waals surface area contributed by atoms with Crippen LogP contribution in [0.15, 0.2) is 48.5 Å². The molecule has 0 fully saturated rings. The minimum atomic E-state index is -0.927. The Labute approximate surface area is 200 Å². The summed E-state index contributed by atoms with van der Waals surface area (Å²) in [4.78, 5) is 34.8. The van der Waals surface area contributed by atoms with Gasteiger partial charge in [-0.05, 0) is 41.0 Å². The molecule has 0 heterocycles. The van der Waals surface area contributed by atoms with E-state index in [2.05, 4.69) is 41.8 Å². The van der Waals surface area contributed by atoms with E-state index in [4.69, 9.17) is 9.84 Å². The number of carboxylic acids is 1. The summed E-state index contributed by atoms with van der Waals surface area (Å²) >= 11 is 0. The first kappa shape index (κ1) is 25.3. The normalized spacial score (nSPS) is 13.0. The zero-order valence-corrected chi connectivity index (χ0v) is 19.7. The predicted octanol–water partition coefficient (Wildman–Crippen LogP) is 4.70. The van der Waals surface area contributed by atoms with Crippen LogP contribution in [0.5, 0.6) is 0 Å². The summed E-state index contributed by atoms with van der Waals surface area (Å²) < 4.78 is 5.58. The largest absolute Gasteiger partial charge is 0.481 e. The molecule has 0 saturated carbocycles. The van der Waals surface area contributed by atoms with Gasteiger partial charge in [0.05, 0.1) is 6.42 Å². The lowest BCUT2D eigenvalue weighted by Crippen LogP contribution is -2.29. The summed E-state index contributed by atoms with van der Waals surface area (Å²) in [5.74, 6) is -0.718. The molecule has 3 rings (SSSR count). The van der Waals surface area contributed by atoms with Crippen molar-refractivity contribution in [3.63, 3.8) is 0 Å². The number of alkyl carbamates (subject to hydrolysis) is 1. The zero-order chi connectivity index (χ0) is 24.3. The number of rotatable bonds is 13. The third-order valence-corrected chi connectivity index (χ3v) is 6.30. The van der Waals surface area contributed by atoms with E-state index in [1.807, 2.05) is 24.3 Å². The second-order valence-electron chi connectivity index (χ2n) is 8.73. The smallest absolute Gasteiger partial charge is 0.407 e. The Hall–Kier alpha value is -3.35. The number of carbonyl (C=O) groups excluding carboxylic acids is 2. The maximum Gasteiger partial charge on any atom is 0.407 e. The number of carbonyl (C=O) groups is 3. The Morgan fingerprint density at radius 3 is 2.15 bits per heavy atom. The molecular weight excluding hydrogens is 432 g/mol. The lowest BCUT2D eigenvalue weighted by molar-refractivity contribution is -0.136. The van der Waals surface area contributed by atoms with Gasteiger partial charge in [-0.2, -0.15) is 0 Å². The molecule has 2 amide bonds. The van der Waals surface area contributed by atoms with Crippen LogP contribution in [-0.2, 0) is 14.3 Å². The SMILES string of the molecule is CCCC(CCNC(=O)OCC1c2ccccc2-c2ccccc21)CCC(=O)NCCC(=O)O. The van der Waals surface area contributed by atoms with Gasteiger partial charge in [-0.3, -0.25) is 9.59 Å². The van der Waals surface area contributed by atoms with Crippen LogP contribution in [0.4, 0.5) is 4.79 Å². The van der Waals surface area contributed by atoms with Crippen molar-refractivity contribution in [2.45, 2.75) is 51.4 Å². The number of fused-ring (bicyclic) bond motifs is 3. The molecule has 0 aliphatic heterocycles. The van der Waals surface area contributed by atoms with E-state index in [1.54, 1.807) is 0 Å². The molecule has 34 heavy (non-hydrogen) atoms. The van der Waals surface area contributed by atoms with Crippen LogP contribution >= 0.6 is 0 Å². The van der Waals surface area contributed by atoms with Crippen LogP contribution in [0.3, 0.4) is 0 Å². The van der Waals surface area contributed by atoms with Crippen LogP contribution in [-0.4, -0.2) is 42.8 Å². The summed E-state index contributed by atoms with van der Waals surface area (Å²) in [5.41, 5.74) is 4.75. The molecule has 1 aliphatic carbocycles. The molecule has 2 aromatic rings. The molecule has 1 aliphatic rings. The Bertz CT molecular complexity index is 945. The molecule has 182 valence electrons. The number of amides is 2. The van der Waals surface area contributed by atoms with Crippen molar-refractivity contribution in [2.75, 3.05) is 19.7 Å². The number of hydrogen-bond acceptors (Lipinski definition) is 4. The lowest BCUT2D eigenvalue weighted by Gasteiger charge is -2.17. The van der Waals surface area contributed by atoms with E-state index >= 15 is 0 Å². The fraction of sp³-hybridized carbons (Fsp3) is 0.444. The quantitative estimate of drug-likeness (QED) is 0.397. The lowest BCUT2D eigenvalue weighted by atomic mass is 9.94. The first-order valence-corrected chi connectivity index (χ1v) is 12.1. The van der Waals surface area contributed by atoms with Crippen molar-refractivity contribution in [3.05, 3.63) is 59.7 Å². The third kappa shape index (κ3) is 7.07. The Morgan fingerprint density at radius 2 is 1.53 bits per heavy atom. The van der Waals surface area contributed by atoms with Crippen molar-refractivity contribution in [2.24, 2.45) is 5.92 Å². The van der Waals surface area contributed by atoms with E-state index in [9.17, 15) is 14.4 Å². The number of aliphatic carboxylic acids is 1. The van der Waals surface area contributed by atoms with Crippen LogP contribution in [0.2, 0.25) is 0 Å². The number of carboxylic acid groups (broad SMARTS) is 1. The van der Waals surface area contributed by atoms with Gasteiger partial charge in [0.25, 0.3) is 0 Å². The van der Waals surface area contributed by atoms with Crippen LogP contribution < -0.4 is 10.6 Å². The second-order valence-corrected chi connectivity index (χ2v) is 8.73. The van der Waals surface area contributed by atoms with Gasteiger partial charge in [-0.25, -0.2) is 4.79 Å². The average molecular weight is 467 g/mol. The van der Waals surface area contributed by atoms with Gasteiger partial charge in [0.2, 0.25) is 5.91 Å². The summed E-state index contributed by atoms with van der Waals surface area (Å²) in [7, 11) is 0. The first-order chi connectivity index (χ1) is 16.5. The van der Waals surface area contributed by atoms with Gasteiger partial charge in [-0.15, -0.1) is 0 Å². The minimum Gasteiger partial charge on any atom is -0.481 e. The number of benzene rings is 2. The van der Waals surface area contributed by atoms with Crippen molar-refractivity contribution >= 4 is 18.0 Å². The van der Waals surface area contributed by atoms with Gasteiger partial charge < -0.3 is 20.5 Å². The zero-order valence-electron chi connectivity index (χ0n) is 19.7. The molecule has 0 saturated heterocycles. The Balaban J connectivity index is 1.41. The highest BCUT2D eigenvalue weighted by Gasteiger charge is 2.29. The van der Waals surface area contributed by atoms with Crippen molar-refractivity contribution in [1.29, 1.82) is 0 Å². The molecule has 7 nitrogen and oxygen atoms in total. The highest BCUT2D eigenvalue weighted by atomic mass is 16.5. The van der Waals surface area contributed by atoms with Crippen molar-refractivity contribution in [3.8, 4) is 11.1 Å². The van der Waals surface area contributed by atoms with Crippen molar-refractivity contribution < 1.29 is 24.2 Å². The van der Waals surface area contributed by atoms with Gasteiger partial charge in [0.1, 0.15) is 6.61 Å². The monoisotopic (exact) mass is 466 g/mol. The standard InChI is InChI=1S/C27H34N2O5/c1-2-7-19(12-13-25(30)28-17-15-26(31)32)14-16-29-27(33)34-18-24-22-10-5-3-8-20(22)21-9-4-6-11-23(21)24/h3-6,8-11,19,24H,2,7,12-18H2,1H3,(H,28,30)(H,29,33)(H,31,32). The molecule has 2 aromatic carbocycles. The topological polar surface area (TPSA) is 105 Å². The minimum absolute atomic E-state index is 0.0330. The molecule has 0 aromatic heterocycles. The summed E-state index contributed by atoms with van der Waals surface area (Å²) in [6.45, 7) is 3.02. The highest BCUT2D eigenvalue weighted by molar-refractivity contribution is 5.79. The maximum absolute atomic E-state index is 12.4. The summed E-state index contributed by atoms with van der Waals surface area (Å²) in [6.07, 6.45) is 3.29. The van der Waals surface area contributed by atoms with E-state index in [0.29, 0.717) is 25.3 Å². The molecular formula is C27H34N2O5.